The molecule has 1 N–H and O–H groups in total. The van der Waals surface area contributed by atoms with Crippen LogP contribution in [-0.4, -0.2) is 15.6 Å². The average molecular weight is 259 g/mol. The van der Waals surface area contributed by atoms with Crippen molar-refractivity contribution in [1.29, 1.82) is 0 Å². The molecule has 0 aliphatic heterocycles. The molecule has 0 aliphatic carbocycles. The van der Waals surface area contributed by atoms with Gasteiger partial charge in [0.15, 0.2) is 0 Å². The maximum atomic E-state index is 10.9. The van der Waals surface area contributed by atoms with E-state index >= 15 is 0 Å². The van der Waals surface area contributed by atoms with Gasteiger partial charge in [-0.2, -0.15) is 0 Å². The highest BCUT2D eigenvalue weighted by Crippen LogP contribution is 2.31. The summed E-state index contributed by atoms with van der Waals surface area (Å²) in [4.78, 5) is 10.9. The first kappa shape index (κ1) is 13.7. The molecule has 102 valence electrons. The van der Waals surface area contributed by atoms with E-state index in [1.165, 1.54) is 16.5 Å². The van der Waals surface area contributed by atoms with Crippen molar-refractivity contribution in [2.24, 2.45) is 0 Å². The van der Waals surface area contributed by atoms with Crippen molar-refractivity contribution in [2.75, 3.05) is 0 Å². The Morgan fingerprint density at radius 1 is 1.26 bits per heavy atom. The largest absolute Gasteiger partial charge is 0.481 e. The standard InChI is InChI=1S/C16H21NO2/c1-10(2)17-14(12(4)8-16(18)19)9-13-6-5-11(3)7-15(13)17/h5-7,9-10,12H,8H2,1-4H3,(H,18,19). The summed E-state index contributed by atoms with van der Waals surface area (Å²) in [6.45, 7) is 8.34. The van der Waals surface area contributed by atoms with Crippen molar-refractivity contribution in [3.63, 3.8) is 0 Å². The van der Waals surface area contributed by atoms with Crippen molar-refractivity contribution in [2.45, 2.75) is 46.1 Å². The van der Waals surface area contributed by atoms with E-state index in [0.717, 1.165) is 5.69 Å². The van der Waals surface area contributed by atoms with Crippen LogP contribution in [0.4, 0.5) is 0 Å². The maximum Gasteiger partial charge on any atom is 0.304 e. The van der Waals surface area contributed by atoms with Gasteiger partial charge in [-0.3, -0.25) is 4.79 Å². The fourth-order valence-corrected chi connectivity index (χ4v) is 2.67. The zero-order valence-electron chi connectivity index (χ0n) is 12.0. The van der Waals surface area contributed by atoms with Crippen LogP contribution >= 0.6 is 0 Å². The molecule has 1 heterocycles. The Morgan fingerprint density at radius 2 is 1.95 bits per heavy atom. The summed E-state index contributed by atoms with van der Waals surface area (Å²) in [6, 6.07) is 8.83. The van der Waals surface area contributed by atoms with Crippen LogP contribution in [0.2, 0.25) is 0 Å². The van der Waals surface area contributed by atoms with Crippen molar-refractivity contribution < 1.29 is 9.90 Å². The molecule has 1 aromatic carbocycles. The van der Waals surface area contributed by atoms with Crippen LogP contribution in [-0.2, 0) is 4.79 Å². The molecule has 1 atom stereocenters. The quantitative estimate of drug-likeness (QED) is 0.897. The van der Waals surface area contributed by atoms with E-state index in [-0.39, 0.29) is 12.3 Å². The second-order valence-electron chi connectivity index (χ2n) is 5.59. The SMILES string of the molecule is Cc1ccc2cc(C(C)CC(=O)O)n(C(C)C)c2c1. The number of fused-ring (bicyclic) bond motifs is 1. The lowest BCUT2D eigenvalue weighted by Gasteiger charge is -2.18. The van der Waals surface area contributed by atoms with Crippen molar-refractivity contribution >= 4 is 16.9 Å². The summed E-state index contributed by atoms with van der Waals surface area (Å²) in [6.07, 6.45) is 0.169. The zero-order valence-corrected chi connectivity index (χ0v) is 12.0. The highest BCUT2D eigenvalue weighted by molar-refractivity contribution is 5.82. The number of hydrogen-bond donors (Lipinski definition) is 1. The number of nitrogens with zero attached hydrogens (tertiary/aromatic N) is 1. The normalized spacial score (nSPS) is 13.1. The lowest BCUT2D eigenvalue weighted by molar-refractivity contribution is -0.137. The predicted molar refractivity (Wildman–Crippen MR) is 77.7 cm³/mol. The molecule has 3 heteroatoms. The molecular weight excluding hydrogens is 238 g/mol. The van der Waals surface area contributed by atoms with E-state index in [1.807, 2.05) is 6.92 Å². The second kappa shape index (κ2) is 5.08. The van der Waals surface area contributed by atoms with E-state index in [2.05, 4.69) is 49.6 Å². The Labute approximate surface area is 113 Å². The number of aromatic nitrogens is 1. The van der Waals surface area contributed by atoms with Gasteiger partial charge in [0.05, 0.1) is 6.42 Å². The minimum atomic E-state index is -0.746. The second-order valence-corrected chi connectivity index (χ2v) is 5.59. The third kappa shape index (κ3) is 2.65. The van der Waals surface area contributed by atoms with Gasteiger partial charge < -0.3 is 9.67 Å². The van der Waals surface area contributed by atoms with E-state index in [1.54, 1.807) is 0 Å². The minimum absolute atomic E-state index is 0.0209. The molecule has 2 rings (SSSR count). The molecule has 0 fully saturated rings. The average Bonchev–Trinajstić information content (AvgIpc) is 2.66. The molecule has 0 radical (unpaired) electrons. The number of aryl methyl sites for hydroxylation is 1. The van der Waals surface area contributed by atoms with E-state index in [9.17, 15) is 4.79 Å². The van der Waals surface area contributed by atoms with Crippen molar-refractivity contribution in [1.82, 2.24) is 4.57 Å². The molecule has 1 aromatic heterocycles. The molecule has 3 nitrogen and oxygen atoms in total. The first-order chi connectivity index (χ1) is 8.90. The molecule has 0 saturated carbocycles. The van der Waals surface area contributed by atoms with E-state index in [4.69, 9.17) is 5.11 Å². The number of carboxylic acid groups (broad SMARTS) is 1. The molecule has 0 aliphatic rings. The maximum absolute atomic E-state index is 10.9. The first-order valence-electron chi connectivity index (χ1n) is 6.73. The van der Waals surface area contributed by atoms with Crippen LogP contribution < -0.4 is 0 Å². The number of carbonyl (C=O) groups is 1. The fourth-order valence-electron chi connectivity index (χ4n) is 2.67. The van der Waals surface area contributed by atoms with Crippen LogP contribution in [0.3, 0.4) is 0 Å². The third-order valence-corrected chi connectivity index (χ3v) is 3.53. The lowest BCUT2D eigenvalue weighted by Crippen LogP contribution is -2.11. The predicted octanol–water partition coefficient (Wildman–Crippen LogP) is 4.11. The minimum Gasteiger partial charge on any atom is -0.481 e. The molecule has 0 spiro atoms. The highest BCUT2D eigenvalue weighted by Gasteiger charge is 2.18. The van der Waals surface area contributed by atoms with E-state index < -0.39 is 5.97 Å². The van der Waals surface area contributed by atoms with Crippen LogP contribution in [0.15, 0.2) is 24.3 Å². The summed E-state index contributed by atoms with van der Waals surface area (Å²) < 4.78 is 2.26. The summed E-state index contributed by atoms with van der Waals surface area (Å²) in [5.41, 5.74) is 3.53. The lowest BCUT2D eigenvalue weighted by atomic mass is 10.0. The van der Waals surface area contributed by atoms with Gasteiger partial charge in [-0.05, 0) is 43.9 Å². The zero-order chi connectivity index (χ0) is 14.2. The van der Waals surface area contributed by atoms with Crippen molar-refractivity contribution in [3.05, 3.63) is 35.5 Å². The topological polar surface area (TPSA) is 42.2 Å². The number of carboxylic acids is 1. The molecule has 0 amide bonds. The van der Waals surface area contributed by atoms with Crippen LogP contribution in [0, 0.1) is 6.92 Å². The molecular formula is C16H21NO2. The van der Waals surface area contributed by atoms with Crippen molar-refractivity contribution in [3.8, 4) is 0 Å². The molecule has 2 aromatic rings. The third-order valence-electron chi connectivity index (χ3n) is 3.53. The fraction of sp³-hybridized carbons (Fsp3) is 0.438. The van der Waals surface area contributed by atoms with Crippen LogP contribution in [0.5, 0.6) is 0 Å². The Hall–Kier alpha value is -1.77. The van der Waals surface area contributed by atoms with Gasteiger partial charge in [0.25, 0.3) is 0 Å². The molecule has 0 bridgehead atoms. The van der Waals surface area contributed by atoms with Gasteiger partial charge in [0, 0.05) is 23.2 Å². The number of hydrogen-bond acceptors (Lipinski definition) is 1. The smallest absolute Gasteiger partial charge is 0.304 e. The summed E-state index contributed by atoms with van der Waals surface area (Å²) in [7, 11) is 0. The van der Waals surface area contributed by atoms with Gasteiger partial charge >= 0.3 is 5.97 Å². The molecule has 0 saturated heterocycles. The summed E-state index contributed by atoms with van der Waals surface area (Å²) >= 11 is 0. The van der Waals surface area contributed by atoms with Gasteiger partial charge in [0.2, 0.25) is 0 Å². The Balaban J connectivity index is 2.59. The Kier molecular flexibility index (Phi) is 3.65. The summed E-state index contributed by atoms with van der Waals surface area (Å²) in [5, 5.41) is 10.2. The number of rotatable bonds is 4. The Bertz CT molecular complexity index is 610. The Morgan fingerprint density at radius 3 is 2.53 bits per heavy atom. The van der Waals surface area contributed by atoms with Gasteiger partial charge in [-0.1, -0.05) is 19.1 Å². The molecule has 19 heavy (non-hydrogen) atoms. The van der Waals surface area contributed by atoms with Crippen LogP contribution in [0.25, 0.3) is 10.9 Å². The highest BCUT2D eigenvalue weighted by atomic mass is 16.4. The number of aliphatic carboxylic acids is 1. The first-order valence-corrected chi connectivity index (χ1v) is 6.73. The van der Waals surface area contributed by atoms with E-state index in [0.29, 0.717) is 6.04 Å². The van der Waals surface area contributed by atoms with Gasteiger partial charge in [-0.25, -0.2) is 0 Å². The number of benzene rings is 1. The van der Waals surface area contributed by atoms with Gasteiger partial charge in [0.1, 0.15) is 0 Å². The molecule has 1 unspecified atom stereocenters. The van der Waals surface area contributed by atoms with Crippen LogP contribution in [0.1, 0.15) is 50.4 Å². The summed E-state index contributed by atoms with van der Waals surface area (Å²) in [5.74, 6) is -0.725. The van der Waals surface area contributed by atoms with Gasteiger partial charge in [-0.15, -0.1) is 0 Å². The monoisotopic (exact) mass is 259 g/mol.